The van der Waals surface area contributed by atoms with Crippen LogP contribution in [0.2, 0.25) is 0 Å². The molecular weight excluding hydrogens is 2130 g/mol. The van der Waals surface area contributed by atoms with Gasteiger partial charge in [-0.05, 0) is 248 Å². The Morgan fingerprint density at radius 3 is 1.31 bits per heavy atom. The van der Waals surface area contributed by atoms with E-state index in [1.807, 2.05) is 171 Å². The molecule has 12 nitrogen and oxygen atoms in total. The van der Waals surface area contributed by atoms with Gasteiger partial charge in [0.25, 0.3) is 0 Å². The summed E-state index contributed by atoms with van der Waals surface area (Å²) in [5.74, 6) is 9.65. The summed E-state index contributed by atoms with van der Waals surface area (Å²) in [6.07, 6.45) is 28.3. The second-order valence-electron chi connectivity index (χ2n) is 36.9. The van der Waals surface area contributed by atoms with Crippen LogP contribution in [0.4, 0.5) is 0 Å². The number of rotatable bonds is 19. The molecule has 0 atom stereocenters. The topological polar surface area (TPSA) is 178 Å². The molecular formula is C114H116Ir3N3O9-3. The number of nitrogens with zero attached hydrogens (tertiary/aromatic N) is 3. The summed E-state index contributed by atoms with van der Waals surface area (Å²) >= 11 is 0. The van der Waals surface area contributed by atoms with Crippen molar-refractivity contribution in [1.29, 1.82) is 0 Å². The van der Waals surface area contributed by atoms with Gasteiger partial charge in [-0.2, -0.15) is 48.0 Å². The van der Waals surface area contributed by atoms with E-state index in [9.17, 15) is 24.6 Å². The van der Waals surface area contributed by atoms with Gasteiger partial charge in [0.05, 0.1) is 11.3 Å². The van der Waals surface area contributed by atoms with Gasteiger partial charge in [0.1, 0.15) is 11.5 Å². The standard InChI is InChI=1S/2C25H16NO.C23H32O2.C21H16NO.C15H28O2.C5H8O2.3Ir/c1-3-9-18(10-4-1)24-23-16-20-12-8-7-11-19(20)15-21(23)17-26-25(24)27-22-13-5-2-6-14-22;1-2-7-18(8-3-1)21-11-6-12-24(15-21)27-25-16-22-13-19-9-4-5-10-20(19)14-23(22)17-26-25;24-20(22-8-14-1-15(9-22)3-16(2-14)10-22)7-21(25)23-11-17-4-18(12-23)6-19(5-17)13-23;1-14-7-8-20(15(2)9-14)23-21-12-18-10-16-5-3-4-6-17(16)11-19(18)13-22-21;1-7-14(5,8-2)12(16)11-13(17)15(6,9-3)10-4;1-4(6)3-5(2)7;;;/h1-13,15-17H;1-11,13-17H;7,14-19,24H,1-6,8-13H2;3-7,9-13H,1-2H3;11,16H,7-10H2,1-6H3;3,6H,1-2H3;;;/q2*-1;;-1;;;;;. The van der Waals surface area contributed by atoms with E-state index < -0.39 is 0 Å². The van der Waals surface area contributed by atoms with Crippen molar-refractivity contribution in [3.05, 3.63) is 320 Å². The smallest absolute Gasteiger partial charge is 0.225 e. The molecule has 0 unspecified atom stereocenters. The minimum absolute atomic E-state index is 0. The first kappa shape index (κ1) is 97.5. The number of para-hydroxylation sites is 1. The van der Waals surface area contributed by atoms with Crippen molar-refractivity contribution in [2.75, 3.05) is 0 Å². The summed E-state index contributed by atoms with van der Waals surface area (Å²) in [7, 11) is 0. The summed E-state index contributed by atoms with van der Waals surface area (Å²) in [4.78, 5) is 49.1. The summed E-state index contributed by atoms with van der Waals surface area (Å²) in [6, 6.07) is 89.5. The van der Waals surface area contributed by atoms with Gasteiger partial charge >= 0.3 is 0 Å². The third kappa shape index (κ3) is 23.4. The molecule has 0 aliphatic heterocycles. The molecule has 0 saturated heterocycles. The predicted molar refractivity (Wildman–Crippen MR) is 511 cm³/mol. The molecule has 8 bridgehead atoms. The maximum absolute atomic E-state index is 13.4. The first-order valence-corrected chi connectivity index (χ1v) is 45.2. The second-order valence-corrected chi connectivity index (χ2v) is 36.9. The number of aliphatic hydroxyl groups excluding tert-OH is 3. The first-order chi connectivity index (χ1) is 60.9. The van der Waals surface area contributed by atoms with Crippen LogP contribution in [-0.4, -0.2) is 47.6 Å². The van der Waals surface area contributed by atoms with E-state index in [2.05, 4.69) is 173 Å². The van der Waals surface area contributed by atoms with Crippen LogP contribution in [0, 0.1) is 89.2 Å². The maximum Gasteiger partial charge on any atom is 0.225 e. The molecule has 3 radical (unpaired) electrons. The van der Waals surface area contributed by atoms with Crippen LogP contribution >= 0.6 is 0 Å². The summed E-state index contributed by atoms with van der Waals surface area (Å²) < 4.78 is 18.0. The van der Waals surface area contributed by atoms with E-state index in [1.54, 1.807) is 6.08 Å². The number of hydrogen-bond acceptors (Lipinski definition) is 12. The number of aryl methyl sites for hydroxylation is 2. The quantitative estimate of drug-likeness (QED) is 0.0302. The van der Waals surface area contributed by atoms with E-state index in [0.717, 1.165) is 166 Å². The molecule has 8 saturated carbocycles. The minimum Gasteiger partial charge on any atom is -0.512 e. The number of ketones is 3. The monoisotopic (exact) mass is 2250 g/mol. The number of ether oxygens (including phenoxy) is 3. The molecule has 15 heteroatoms. The maximum atomic E-state index is 13.4. The van der Waals surface area contributed by atoms with Gasteiger partial charge in [0.2, 0.25) is 17.6 Å². The zero-order chi connectivity index (χ0) is 88.3. The molecule has 14 aromatic rings. The Balaban J connectivity index is 0.000000144. The zero-order valence-electron chi connectivity index (χ0n) is 75.4. The van der Waals surface area contributed by atoms with Crippen LogP contribution < -0.4 is 14.2 Å². The largest absolute Gasteiger partial charge is 0.512 e. The molecule has 129 heavy (non-hydrogen) atoms. The van der Waals surface area contributed by atoms with Crippen LogP contribution in [-0.2, 0) is 74.7 Å². The van der Waals surface area contributed by atoms with Gasteiger partial charge in [-0.3, -0.25) is 14.4 Å². The molecule has 3 N–H and O–H groups in total. The fraction of sp³-hybridized carbons (Fsp3) is 0.316. The second kappa shape index (κ2) is 43.4. The predicted octanol–water partition coefficient (Wildman–Crippen LogP) is 30.0. The van der Waals surface area contributed by atoms with E-state index in [-0.39, 0.29) is 105 Å². The van der Waals surface area contributed by atoms with Gasteiger partial charge in [-0.15, -0.1) is 41.5 Å². The Hall–Kier alpha value is -10.6. The molecule has 671 valence electrons. The van der Waals surface area contributed by atoms with Crippen LogP contribution in [0.3, 0.4) is 0 Å². The number of hydrogen-bond donors (Lipinski definition) is 3. The summed E-state index contributed by atoms with van der Waals surface area (Å²) in [5.41, 5.74) is 5.84. The van der Waals surface area contributed by atoms with Crippen LogP contribution in [0.15, 0.2) is 291 Å². The van der Waals surface area contributed by atoms with Gasteiger partial charge in [0.15, 0.2) is 17.3 Å². The van der Waals surface area contributed by atoms with Crippen LogP contribution in [0.1, 0.15) is 169 Å². The first-order valence-electron chi connectivity index (χ1n) is 45.2. The summed E-state index contributed by atoms with van der Waals surface area (Å²) in [5, 5.41) is 43.6. The number of aliphatic hydroxyl groups is 3. The fourth-order valence-electron chi connectivity index (χ4n) is 20.8. The van der Waals surface area contributed by atoms with Crippen LogP contribution in [0.5, 0.6) is 34.9 Å². The summed E-state index contributed by atoms with van der Waals surface area (Å²) in [6.45, 7) is 19.0. The van der Waals surface area contributed by atoms with E-state index in [4.69, 9.17) is 19.3 Å². The molecule has 3 heterocycles. The van der Waals surface area contributed by atoms with Crippen molar-refractivity contribution >= 4 is 82.0 Å². The normalized spacial score (nSPS) is 19.8. The molecule has 8 aliphatic rings. The molecule has 8 fully saturated rings. The van der Waals surface area contributed by atoms with Gasteiger partial charge in [-0.1, -0.05) is 189 Å². The number of carbonyl (C=O) groups is 3. The Labute approximate surface area is 801 Å². The molecule has 0 amide bonds. The van der Waals surface area contributed by atoms with Crippen molar-refractivity contribution in [2.24, 2.45) is 57.2 Å². The number of pyridine rings is 3. The van der Waals surface area contributed by atoms with E-state index in [1.165, 1.54) is 102 Å². The van der Waals surface area contributed by atoms with Gasteiger partial charge in [0, 0.05) is 164 Å². The number of allylic oxidation sites excluding steroid dienone is 6. The number of aromatic nitrogens is 3. The molecule has 11 aromatic carbocycles. The number of fused-ring (bicyclic) bond motifs is 6. The van der Waals surface area contributed by atoms with Gasteiger partial charge < -0.3 is 29.5 Å². The average Bonchev–Trinajstić information content (AvgIpc) is 0.728. The Bertz CT molecular complexity index is 6290. The fourth-order valence-corrected chi connectivity index (χ4v) is 20.8. The van der Waals surface area contributed by atoms with Gasteiger partial charge in [-0.25, -0.2) is 15.0 Å². The SMILES string of the molecule is CC(=O)C=C(C)O.CCC(C)(CC)C(=O)C=C(O)C(C)(CC)CC.Cc1c[c-]c(Oc2cc3cc4ccccc4cc3cn2)c(C)c1.O=C(C=C(O)C12CC3CC(CC(C3)C1)C2)C12CC3CC(CC(C3)C1)C2.[Ir].[Ir].[Ir].[c-]1ccc(-c2ccccc2)cc1Oc1cc2cc3ccccc3cc2cn1.[c-]1ccccc1Oc1ncc2cc3ccccc3cc2c1-c1ccccc1. The molecule has 8 aliphatic carbocycles. The van der Waals surface area contributed by atoms with Crippen molar-refractivity contribution in [3.8, 4) is 57.1 Å². The molecule has 0 spiro atoms. The van der Waals surface area contributed by atoms with Crippen LogP contribution in [0.25, 0.3) is 86.9 Å². The zero-order valence-corrected chi connectivity index (χ0v) is 82.6. The Morgan fingerprint density at radius 2 is 0.853 bits per heavy atom. The molecule has 22 rings (SSSR count). The Kier molecular flexibility index (Phi) is 32.8. The third-order valence-electron chi connectivity index (χ3n) is 27.8. The van der Waals surface area contributed by atoms with E-state index >= 15 is 0 Å². The third-order valence-corrected chi connectivity index (χ3v) is 27.8. The minimum atomic E-state index is -0.337. The Morgan fingerprint density at radius 1 is 0.419 bits per heavy atom. The van der Waals surface area contributed by atoms with Crippen molar-refractivity contribution in [1.82, 2.24) is 15.0 Å². The molecule has 3 aromatic heterocycles. The van der Waals surface area contributed by atoms with E-state index in [0.29, 0.717) is 40.7 Å². The number of benzene rings is 11. The van der Waals surface area contributed by atoms with Crippen molar-refractivity contribution in [2.45, 2.75) is 172 Å². The number of carbonyl (C=O) groups excluding carboxylic acids is 3. The van der Waals surface area contributed by atoms with Crippen molar-refractivity contribution in [3.63, 3.8) is 0 Å². The average molecular weight is 2250 g/mol. The van der Waals surface area contributed by atoms with Crippen molar-refractivity contribution < 1.29 is 104 Å².